The number of aromatic nitrogens is 3. The van der Waals surface area contributed by atoms with Gasteiger partial charge in [0.1, 0.15) is 11.6 Å². The number of carbonyl (C=O) groups is 2. The van der Waals surface area contributed by atoms with E-state index in [1.807, 2.05) is 0 Å². The normalized spacial score (nSPS) is 11.9. The molecule has 0 spiro atoms. The van der Waals surface area contributed by atoms with Crippen molar-refractivity contribution in [2.24, 2.45) is 5.73 Å². The van der Waals surface area contributed by atoms with Gasteiger partial charge < -0.3 is 11.1 Å². The fourth-order valence-corrected chi connectivity index (χ4v) is 2.33. The SMILES string of the molecule is C[C@H](C(=O)Nc1ccc(C(N)=O)cc1)n1nnc2ccccc2c1=O. The van der Waals surface area contributed by atoms with Crippen molar-refractivity contribution in [2.45, 2.75) is 13.0 Å². The molecule has 1 atom stereocenters. The van der Waals surface area contributed by atoms with Gasteiger partial charge >= 0.3 is 0 Å². The predicted molar refractivity (Wildman–Crippen MR) is 92.1 cm³/mol. The summed E-state index contributed by atoms with van der Waals surface area (Å²) in [6, 6.07) is 12.1. The first-order valence-electron chi connectivity index (χ1n) is 7.52. The van der Waals surface area contributed by atoms with Gasteiger partial charge in [-0.1, -0.05) is 17.3 Å². The number of rotatable bonds is 4. The highest BCUT2D eigenvalue weighted by Gasteiger charge is 2.19. The first-order valence-corrected chi connectivity index (χ1v) is 7.52. The Labute approximate surface area is 142 Å². The molecule has 1 aromatic heterocycles. The zero-order valence-corrected chi connectivity index (χ0v) is 13.3. The van der Waals surface area contributed by atoms with Crippen LogP contribution in [0.2, 0.25) is 0 Å². The summed E-state index contributed by atoms with van der Waals surface area (Å²) in [6.45, 7) is 1.55. The molecular formula is C17H15N5O3. The van der Waals surface area contributed by atoms with Gasteiger partial charge in [-0.05, 0) is 43.3 Å². The van der Waals surface area contributed by atoms with Crippen LogP contribution in [0.25, 0.3) is 10.9 Å². The highest BCUT2D eigenvalue weighted by Crippen LogP contribution is 2.12. The van der Waals surface area contributed by atoms with Gasteiger partial charge in [0.25, 0.3) is 5.56 Å². The molecule has 0 aliphatic carbocycles. The molecule has 0 saturated heterocycles. The van der Waals surface area contributed by atoms with E-state index in [0.29, 0.717) is 22.2 Å². The average Bonchev–Trinajstić information content (AvgIpc) is 2.62. The summed E-state index contributed by atoms with van der Waals surface area (Å²) < 4.78 is 1.04. The van der Waals surface area contributed by atoms with Gasteiger partial charge in [0.15, 0.2) is 0 Å². The maximum Gasteiger partial charge on any atom is 0.278 e. The number of hydrogen-bond acceptors (Lipinski definition) is 5. The lowest BCUT2D eigenvalue weighted by Crippen LogP contribution is -2.34. The van der Waals surface area contributed by atoms with Crippen molar-refractivity contribution >= 4 is 28.4 Å². The molecular weight excluding hydrogens is 322 g/mol. The van der Waals surface area contributed by atoms with Crippen LogP contribution in [-0.2, 0) is 4.79 Å². The van der Waals surface area contributed by atoms with Crippen LogP contribution in [0.5, 0.6) is 0 Å². The zero-order chi connectivity index (χ0) is 18.0. The number of primary amides is 1. The molecule has 3 N–H and O–H groups in total. The molecule has 126 valence electrons. The summed E-state index contributed by atoms with van der Waals surface area (Å²) in [5, 5.41) is 10.9. The number of fused-ring (bicyclic) bond motifs is 1. The largest absolute Gasteiger partial charge is 0.366 e. The lowest BCUT2D eigenvalue weighted by Gasteiger charge is -2.13. The predicted octanol–water partition coefficient (Wildman–Crippen LogP) is 1.09. The van der Waals surface area contributed by atoms with Crippen molar-refractivity contribution in [3.05, 3.63) is 64.4 Å². The van der Waals surface area contributed by atoms with Crippen LogP contribution in [-0.4, -0.2) is 26.8 Å². The maximum atomic E-state index is 12.5. The minimum absolute atomic E-state index is 0.336. The monoisotopic (exact) mass is 337 g/mol. The van der Waals surface area contributed by atoms with Crippen LogP contribution in [0.1, 0.15) is 23.3 Å². The molecule has 0 unspecified atom stereocenters. The molecule has 0 bridgehead atoms. The van der Waals surface area contributed by atoms with E-state index in [9.17, 15) is 14.4 Å². The van der Waals surface area contributed by atoms with Crippen LogP contribution in [0, 0.1) is 0 Å². The third-order valence-electron chi connectivity index (χ3n) is 3.77. The smallest absolute Gasteiger partial charge is 0.278 e. The number of carbonyl (C=O) groups excluding carboxylic acids is 2. The van der Waals surface area contributed by atoms with Crippen molar-refractivity contribution in [1.29, 1.82) is 0 Å². The summed E-state index contributed by atoms with van der Waals surface area (Å²) in [5.74, 6) is -0.984. The van der Waals surface area contributed by atoms with Gasteiger partial charge in [0.05, 0.1) is 5.39 Å². The molecule has 2 aromatic carbocycles. The van der Waals surface area contributed by atoms with Crippen molar-refractivity contribution in [3.63, 3.8) is 0 Å². The molecule has 0 saturated carbocycles. The van der Waals surface area contributed by atoms with Gasteiger partial charge in [-0.15, -0.1) is 5.10 Å². The highest BCUT2D eigenvalue weighted by atomic mass is 16.2. The quantitative estimate of drug-likeness (QED) is 0.738. The third kappa shape index (κ3) is 3.23. The minimum atomic E-state index is -0.861. The molecule has 1 heterocycles. The van der Waals surface area contributed by atoms with Gasteiger partial charge in [0.2, 0.25) is 11.8 Å². The van der Waals surface area contributed by atoms with Crippen LogP contribution in [0.15, 0.2) is 53.3 Å². The Morgan fingerprint density at radius 1 is 1.12 bits per heavy atom. The van der Waals surface area contributed by atoms with Gasteiger partial charge in [-0.2, -0.15) is 4.68 Å². The zero-order valence-electron chi connectivity index (χ0n) is 13.3. The second-order valence-electron chi connectivity index (χ2n) is 5.46. The van der Waals surface area contributed by atoms with Crippen molar-refractivity contribution in [3.8, 4) is 0 Å². The van der Waals surface area contributed by atoms with E-state index in [1.54, 1.807) is 43.3 Å². The van der Waals surface area contributed by atoms with E-state index in [-0.39, 0.29) is 0 Å². The molecule has 0 aliphatic heterocycles. The highest BCUT2D eigenvalue weighted by molar-refractivity contribution is 5.95. The van der Waals surface area contributed by atoms with E-state index >= 15 is 0 Å². The second kappa shape index (κ2) is 6.52. The van der Waals surface area contributed by atoms with Crippen LogP contribution < -0.4 is 16.6 Å². The molecule has 8 heteroatoms. The molecule has 3 rings (SSSR count). The Morgan fingerprint density at radius 2 is 1.80 bits per heavy atom. The topological polar surface area (TPSA) is 120 Å². The van der Waals surface area contributed by atoms with Crippen molar-refractivity contribution < 1.29 is 9.59 Å². The molecule has 0 radical (unpaired) electrons. The Hall–Kier alpha value is -3.55. The Balaban J connectivity index is 1.84. The number of hydrogen-bond donors (Lipinski definition) is 2. The summed E-state index contributed by atoms with van der Waals surface area (Å²) in [4.78, 5) is 35.9. The fraction of sp³-hybridized carbons (Fsp3) is 0.118. The van der Waals surface area contributed by atoms with E-state index in [2.05, 4.69) is 15.6 Å². The lowest BCUT2D eigenvalue weighted by atomic mass is 10.2. The van der Waals surface area contributed by atoms with Gasteiger partial charge in [-0.25, -0.2) is 0 Å². The molecule has 0 fully saturated rings. The third-order valence-corrected chi connectivity index (χ3v) is 3.77. The van der Waals surface area contributed by atoms with Gasteiger partial charge in [-0.3, -0.25) is 14.4 Å². The fourth-order valence-electron chi connectivity index (χ4n) is 2.33. The van der Waals surface area contributed by atoms with Crippen LogP contribution in [0.3, 0.4) is 0 Å². The Bertz CT molecular complexity index is 1010. The van der Waals surface area contributed by atoms with E-state index in [4.69, 9.17) is 5.73 Å². The van der Waals surface area contributed by atoms with E-state index in [1.165, 1.54) is 12.1 Å². The van der Waals surface area contributed by atoms with Crippen molar-refractivity contribution in [1.82, 2.24) is 15.0 Å². The number of nitrogens with one attached hydrogen (secondary N) is 1. The van der Waals surface area contributed by atoms with Crippen molar-refractivity contribution in [2.75, 3.05) is 5.32 Å². The summed E-state index contributed by atoms with van der Waals surface area (Å²) >= 11 is 0. The number of nitrogens with two attached hydrogens (primary N) is 1. The average molecular weight is 337 g/mol. The summed E-state index contributed by atoms with van der Waals surface area (Å²) in [5.41, 5.74) is 6.06. The minimum Gasteiger partial charge on any atom is -0.366 e. The molecule has 3 aromatic rings. The number of nitrogens with zero attached hydrogens (tertiary/aromatic N) is 3. The first-order chi connectivity index (χ1) is 12.0. The standard InChI is InChI=1S/C17H15N5O3/c1-10(16(24)19-12-8-6-11(7-9-12)15(18)23)22-17(25)13-4-2-3-5-14(13)20-21-22/h2-10H,1H3,(H2,18,23)(H,19,24)/t10-/m1/s1. The van der Waals surface area contributed by atoms with E-state index < -0.39 is 23.4 Å². The molecule has 8 nitrogen and oxygen atoms in total. The van der Waals surface area contributed by atoms with Crippen LogP contribution >= 0.6 is 0 Å². The number of benzene rings is 2. The Kier molecular flexibility index (Phi) is 4.25. The maximum absolute atomic E-state index is 12.5. The van der Waals surface area contributed by atoms with Crippen LogP contribution in [0.4, 0.5) is 5.69 Å². The lowest BCUT2D eigenvalue weighted by molar-refractivity contribution is -0.119. The van der Waals surface area contributed by atoms with Gasteiger partial charge in [0, 0.05) is 11.3 Å². The molecule has 0 aliphatic rings. The summed E-state index contributed by atoms with van der Waals surface area (Å²) in [6.07, 6.45) is 0. The number of anilines is 1. The first kappa shape index (κ1) is 16.3. The van der Waals surface area contributed by atoms with E-state index in [0.717, 1.165) is 4.68 Å². The Morgan fingerprint density at radius 3 is 2.48 bits per heavy atom. The molecule has 2 amide bonds. The second-order valence-corrected chi connectivity index (χ2v) is 5.46. The summed E-state index contributed by atoms with van der Waals surface area (Å²) in [7, 11) is 0. The molecule has 25 heavy (non-hydrogen) atoms. The number of amides is 2.